The summed E-state index contributed by atoms with van der Waals surface area (Å²) in [5.41, 5.74) is 1.38. The summed E-state index contributed by atoms with van der Waals surface area (Å²) in [6.07, 6.45) is 4.82. The van der Waals surface area contributed by atoms with Crippen LogP contribution < -0.4 is 4.72 Å². The predicted octanol–water partition coefficient (Wildman–Crippen LogP) is 2.38. The van der Waals surface area contributed by atoms with E-state index in [4.69, 9.17) is 0 Å². The molecule has 142 valence electrons. The molecular weight excluding hydrogens is 372 g/mol. The smallest absolute Gasteiger partial charge is 0.265 e. The molecule has 1 aliphatic rings. The Balaban J connectivity index is 1.92. The van der Waals surface area contributed by atoms with Crippen LogP contribution in [0.5, 0.6) is 0 Å². The van der Waals surface area contributed by atoms with E-state index in [9.17, 15) is 13.2 Å². The van der Waals surface area contributed by atoms with Crippen LogP contribution in [0.2, 0.25) is 0 Å². The Kier molecular flexibility index (Phi) is 5.50. The fraction of sp³-hybridized carbons (Fsp3) is 0.529. The van der Waals surface area contributed by atoms with Gasteiger partial charge in [-0.2, -0.15) is 0 Å². The van der Waals surface area contributed by atoms with Crippen molar-refractivity contribution in [3.8, 4) is 10.7 Å². The lowest BCUT2D eigenvalue weighted by Gasteiger charge is -2.26. The van der Waals surface area contributed by atoms with E-state index < -0.39 is 10.0 Å². The number of hydrogen-bond acceptors (Lipinski definition) is 5. The number of sulfonamides is 1. The van der Waals surface area contributed by atoms with Crippen molar-refractivity contribution in [1.82, 2.24) is 19.2 Å². The molecule has 26 heavy (non-hydrogen) atoms. The standard InChI is InChI=1S/C17H24N4O3S2/c1-4-18-26(23,24)13-10-14(20(3)11-13)16-19-12(2)15(25-16)17(22)21-8-6-5-7-9-21/h10-11,18H,4-9H2,1-3H3. The van der Waals surface area contributed by atoms with Gasteiger partial charge in [0.25, 0.3) is 5.91 Å². The number of aromatic nitrogens is 2. The fourth-order valence-electron chi connectivity index (χ4n) is 3.11. The number of amides is 1. The summed E-state index contributed by atoms with van der Waals surface area (Å²) in [5.74, 6) is 0.0284. The number of piperidine rings is 1. The summed E-state index contributed by atoms with van der Waals surface area (Å²) in [7, 11) is -1.75. The first-order chi connectivity index (χ1) is 12.3. The molecule has 1 N–H and O–H groups in total. The van der Waals surface area contributed by atoms with Crippen LogP contribution >= 0.6 is 11.3 Å². The first kappa shape index (κ1) is 19.1. The lowest BCUT2D eigenvalue weighted by Crippen LogP contribution is -2.35. The molecule has 3 rings (SSSR count). The van der Waals surface area contributed by atoms with Crippen molar-refractivity contribution in [3.63, 3.8) is 0 Å². The second kappa shape index (κ2) is 7.50. The molecule has 0 spiro atoms. The fourth-order valence-corrected chi connectivity index (χ4v) is 5.32. The van der Waals surface area contributed by atoms with Gasteiger partial charge in [0.05, 0.1) is 11.4 Å². The van der Waals surface area contributed by atoms with Gasteiger partial charge in [-0.1, -0.05) is 6.92 Å². The lowest BCUT2D eigenvalue weighted by atomic mass is 10.1. The van der Waals surface area contributed by atoms with Crippen molar-refractivity contribution in [3.05, 3.63) is 22.8 Å². The van der Waals surface area contributed by atoms with Gasteiger partial charge >= 0.3 is 0 Å². The number of thiazole rings is 1. The van der Waals surface area contributed by atoms with Crippen LogP contribution in [0.15, 0.2) is 17.2 Å². The molecular formula is C17H24N4O3S2. The van der Waals surface area contributed by atoms with Gasteiger partial charge in [-0.25, -0.2) is 18.1 Å². The van der Waals surface area contributed by atoms with E-state index >= 15 is 0 Å². The minimum Gasteiger partial charge on any atom is -0.347 e. The summed E-state index contributed by atoms with van der Waals surface area (Å²) in [6, 6.07) is 1.60. The minimum atomic E-state index is -3.53. The van der Waals surface area contributed by atoms with Crippen LogP contribution in [0.4, 0.5) is 0 Å². The average Bonchev–Trinajstić information content (AvgIpc) is 3.18. The molecule has 0 radical (unpaired) electrons. The van der Waals surface area contributed by atoms with Crippen LogP contribution in [-0.2, 0) is 17.1 Å². The number of aryl methyl sites for hydroxylation is 2. The lowest BCUT2D eigenvalue weighted by molar-refractivity contribution is 0.0728. The monoisotopic (exact) mass is 396 g/mol. The number of likely N-dealkylation sites (tertiary alicyclic amines) is 1. The second-order valence-corrected chi connectivity index (χ2v) is 9.23. The minimum absolute atomic E-state index is 0.0284. The van der Waals surface area contributed by atoms with Gasteiger partial charge in [0.1, 0.15) is 14.8 Å². The summed E-state index contributed by atoms with van der Waals surface area (Å²) < 4.78 is 28.7. The molecule has 9 heteroatoms. The maximum absolute atomic E-state index is 12.8. The Hall–Kier alpha value is -1.71. The van der Waals surface area contributed by atoms with Crippen LogP contribution in [-0.4, -0.2) is 48.4 Å². The molecule has 0 unspecified atom stereocenters. The molecule has 2 aromatic rings. The third-order valence-corrected chi connectivity index (χ3v) is 7.16. The van der Waals surface area contributed by atoms with Crippen molar-refractivity contribution >= 4 is 27.3 Å². The molecule has 2 aromatic heterocycles. The number of nitrogens with zero attached hydrogens (tertiary/aromatic N) is 3. The third kappa shape index (κ3) is 3.70. The summed E-state index contributed by atoms with van der Waals surface area (Å²) in [4.78, 5) is 20.0. The van der Waals surface area contributed by atoms with Crippen molar-refractivity contribution in [2.45, 2.75) is 38.0 Å². The SMILES string of the molecule is CCNS(=O)(=O)c1cc(-c2nc(C)c(C(=O)N3CCCCC3)s2)n(C)c1. The molecule has 0 saturated carbocycles. The zero-order valence-electron chi connectivity index (χ0n) is 15.3. The van der Waals surface area contributed by atoms with Crippen LogP contribution in [0.1, 0.15) is 41.6 Å². The highest BCUT2D eigenvalue weighted by atomic mass is 32.2. The zero-order valence-corrected chi connectivity index (χ0v) is 16.9. The molecule has 0 aromatic carbocycles. The van der Waals surface area contributed by atoms with Gasteiger partial charge in [0, 0.05) is 32.9 Å². The summed E-state index contributed by atoms with van der Waals surface area (Å²) in [6.45, 7) is 5.49. The topological polar surface area (TPSA) is 84.3 Å². The molecule has 1 aliphatic heterocycles. The highest BCUT2D eigenvalue weighted by Gasteiger charge is 2.25. The van der Waals surface area contributed by atoms with E-state index in [1.165, 1.54) is 17.8 Å². The maximum Gasteiger partial charge on any atom is 0.265 e. The van der Waals surface area contributed by atoms with E-state index in [1.54, 1.807) is 30.8 Å². The first-order valence-corrected chi connectivity index (χ1v) is 11.1. The highest BCUT2D eigenvalue weighted by molar-refractivity contribution is 7.89. The van der Waals surface area contributed by atoms with Gasteiger partial charge in [0.2, 0.25) is 10.0 Å². The van der Waals surface area contributed by atoms with Gasteiger partial charge in [0.15, 0.2) is 0 Å². The van der Waals surface area contributed by atoms with Crippen LogP contribution in [0, 0.1) is 6.92 Å². The third-order valence-electron chi connectivity index (χ3n) is 4.48. The Morgan fingerprint density at radius 3 is 2.65 bits per heavy atom. The number of hydrogen-bond donors (Lipinski definition) is 1. The van der Waals surface area contributed by atoms with E-state index in [0.29, 0.717) is 27.8 Å². The molecule has 0 aliphatic carbocycles. The maximum atomic E-state index is 12.8. The van der Waals surface area contributed by atoms with Crippen molar-refractivity contribution < 1.29 is 13.2 Å². The number of carbonyl (C=O) groups excluding carboxylic acids is 1. The molecule has 1 saturated heterocycles. The number of rotatable bonds is 5. The molecule has 3 heterocycles. The summed E-state index contributed by atoms with van der Waals surface area (Å²) >= 11 is 1.33. The van der Waals surface area contributed by atoms with E-state index in [0.717, 1.165) is 25.9 Å². The summed E-state index contributed by atoms with van der Waals surface area (Å²) in [5, 5.41) is 0.656. The second-order valence-electron chi connectivity index (χ2n) is 6.46. The molecule has 1 amide bonds. The first-order valence-electron chi connectivity index (χ1n) is 8.76. The van der Waals surface area contributed by atoms with Gasteiger partial charge in [-0.15, -0.1) is 11.3 Å². The Morgan fingerprint density at radius 1 is 1.31 bits per heavy atom. The molecule has 1 fully saturated rings. The van der Waals surface area contributed by atoms with Crippen LogP contribution in [0.25, 0.3) is 10.7 Å². The van der Waals surface area contributed by atoms with Crippen molar-refractivity contribution in [1.29, 1.82) is 0 Å². The quantitative estimate of drug-likeness (QED) is 0.841. The van der Waals surface area contributed by atoms with Gasteiger partial charge in [-0.3, -0.25) is 4.79 Å². The van der Waals surface area contributed by atoms with E-state index in [1.807, 2.05) is 11.8 Å². The Bertz CT molecular complexity index is 909. The van der Waals surface area contributed by atoms with Crippen molar-refractivity contribution in [2.75, 3.05) is 19.6 Å². The number of carbonyl (C=O) groups is 1. The largest absolute Gasteiger partial charge is 0.347 e. The van der Waals surface area contributed by atoms with E-state index in [-0.39, 0.29) is 10.8 Å². The molecule has 0 atom stereocenters. The number of nitrogens with one attached hydrogen (secondary N) is 1. The van der Waals surface area contributed by atoms with Crippen molar-refractivity contribution in [2.24, 2.45) is 7.05 Å². The van der Waals surface area contributed by atoms with Gasteiger partial charge < -0.3 is 9.47 Å². The average molecular weight is 397 g/mol. The zero-order chi connectivity index (χ0) is 18.9. The Morgan fingerprint density at radius 2 is 2.00 bits per heavy atom. The highest BCUT2D eigenvalue weighted by Crippen LogP contribution is 2.31. The van der Waals surface area contributed by atoms with E-state index in [2.05, 4.69) is 9.71 Å². The predicted molar refractivity (Wildman–Crippen MR) is 102 cm³/mol. The van der Waals surface area contributed by atoms with Gasteiger partial charge in [-0.05, 0) is 32.3 Å². The Labute approximate surface area is 158 Å². The molecule has 7 nitrogen and oxygen atoms in total. The molecule has 0 bridgehead atoms. The van der Waals surface area contributed by atoms with Crippen LogP contribution in [0.3, 0.4) is 0 Å². The normalized spacial score (nSPS) is 15.4.